The third-order valence-electron chi connectivity index (χ3n) is 8.67. The van der Waals surface area contributed by atoms with Gasteiger partial charge in [-0.25, -0.2) is 4.98 Å². The summed E-state index contributed by atoms with van der Waals surface area (Å²) in [5, 5.41) is 7.48. The van der Waals surface area contributed by atoms with Gasteiger partial charge in [-0.3, -0.25) is 0 Å². The van der Waals surface area contributed by atoms with Gasteiger partial charge in [0.05, 0.1) is 16.5 Å². The molecule has 0 N–H and O–H groups in total. The summed E-state index contributed by atoms with van der Waals surface area (Å²) in [6, 6.07) is 43.8. The van der Waals surface area contributed by atoms with E-state index in [9.17, 15) is 0 Å². The number of hydrogen-bond acceptors (Lipinski definition) is 4. The van der Waals surface area contributed by atoms with Crippen LogP contribution in [0.1, 0.15) is 0 Å². The molecule has 10 rings (SSSR count). The van der Waals surface area contributed by atoms with Crippen LogP contribution < -0.4 is 0 Å². The van der Waals surface area contributed by atoms with Crippen LogP contribution in [0.3, 0.4) is 0 Å². The predicted molar refractivity (Wildman–Crippen MR) is 174 cm³/mol. The molecule has 200 valence electrons. The van der Waals surface area contributed by atoms with Crippen molar-refractivity contribution in [2.75, 3.05) is 0 Å². The van der Waals surface area contributed by atoms with Gasteiger partial charge in [-0.1, -0.05) is 91.0 Å². The number of pyridine rings is 1. The summed E-state index contributed by atoms with van der Waals surface area (Å²) in [7, 11) is 0. The number of nitrogens with zero attached hydrogens (tertiary/aromatic N) is 1. The van der Waals surface area contributed by atoms with Crippen molar-refractivity contribution in [2.45, 2.75) is 0 Å². The van der Waals surface area contributed by atoms with Gasteiger partial charge in [0, 0.05) is 37.9 Å². The Kier molecular flexibility index (Phi) is 4.42. The SMILES string of the molecule is c1cc(-c2c3oc4ccccc4c3cc3c2oc2ccccc23)cc(-c2c3ccccc3nc3oc4ccccc4c23)c1. The first-order valence-corrected chi connectivity index (χ1v) is 14.4. The molecule has 43 heavy (non-hydrogen) atoms. The van der Waals surface area contributed by atoms with Crippen molar-refractivity contribution < 1.29 is 13.3 Å². The zero-order chi connectivity index (χ0) is 28.1. The Labute approximate surface area is 244 Å². The third kappa shape index (κ3) is 3.12. The zero-order valence-electron chi connectivity index (χ0n) is 22.8. The molecule has 0 atom stereocenters. The van der Waals surface area contributed by atoms with E-state index in [1.165, 1.54) is 0 Å². The van der Waals surface area contributed by atoms with Gasteiger partial charge in [0.15, 0.2) is 0 Å². The lowest BCUT2D eigenvalue weighted by atomic mass is 9.92. The maximum atomic E-state index is 6.59. The van der Waals surface area contributed by atoms with Crippen LogP contribution in [-0.4, -0.2) is 4.98 Å². The van der Waals surface area contributed by atoms with Crippen molar-refractivity contribution in [3.05, 3.63) is 127 Å². The van der Waals surface area contributed by atoms with E-state index < -0.39 is 0 Å². The van der Waals surface area contributed by atoms with Gasteiger partial charge in [0.25, 0.3) is 0 Å². The van der Waals surface area contributed by atoms with E-state index >= 15 is 0 Å². The van der Waals surface area contributed by atoms with E-state index in [1.807, 2.05) is 54.6 Å². The summed E-state index contributed by atoms with van der Waals surface area (Å²) in [4.78, 5) is 4.92. The maximum absolute atomic E-state index is 6.59. The molecule has 0 saturated carbocycles. The number of hydrogen-bond donors (Lipinski definition) is 0. The fourth-order valence-electron chi connectivity index (χ4n) is 6.81. The lowest BCUT2D eigenvalue weighted by Crippen LogP contribution is -1.88. The number of rotatable bonds is 2. The summed E-state index contributed by atoms with van der Waals surface area (Å²) >= 11 is 0. The first-order valence-electron chi connectivity index (χ1n) is 14.4. The van der Waals surface area contributed by atoms with Crippen molar-refractivity contribution in [1.29, 1.82) is 0 Å². The fourth-order valence-corrected chi connectivity index (χ4v) is 6.81. The Morgan fingerprint density at radius 2 is 0.930 bits per heavy atom. The van der Waals surface area contributed by atoms with Crippen molar-refractivity contribution in [2.24, 2.45) is 0 Å². The molecule has 0 bridgehead atoms. The van der Waals surface area contributed by atoms with Gasteiger partial charge in [0.2, 0.25) is 5.71 Å². The number of para-hydroxylation sites is 4. The van der Waals surface area contributed by atoms with Crippen LogP contribution in [0.2, 0.25) is 0 Å². The topological polar surface area (TPSA) is 52.3 Å². The highest BCUT2D eigenvalue weighted by Gasteiger charge is 2.23. The smallest absolute Gasteiger partial charge is 0.228 e. The summed E-state index contributed by atoms with van der Waals surface area (Å²) in [6.07, 6.45) is 0. The Bertz CT molecular complexity index is 2650. The van der Waals surface area contributed by atoms with Crippen LogP contribution >= 0.6 is 0 Å². The van der Waals surface area contributed by atoms with Gasteiger partial charge in [-0.15, -0.1) is 0 Å². The number of benzene rings is 6. The normalized spacial score (nSPS) is 12.2. The largest absolute Gasteiger partial charge is 0.455 e. The Morgan fingerprint density at radius 1 is 0.395 bits per heavy atom. The second-order valence-electron chi connectivity index (χ2n) is 11.1. The van der Waals surface area contributed by atoms with Crippen LogP contribution in [0, 0.1) is 0 Å². The van der Waals surface area contributed by atoms with Crippen LogP contribution in [0.15, 0.2) is 141 Å². The lowest BCUT2D eigenvalue weighted by Gasteiger charge is -2.11. The molecule has 6 aromatic carbocycles. The van der Waals surface area contributed by atoms with Crippen molar-refractivity contribution in [3.63, 3.8) is 0 Å². The molecular formula is C39H21NO3. The molecule has 4 heteroatoms. The molecule has 0 aliphatic carbocycles. The molecule has 0 saturated heterocycles. The monoisotopic (exact) mass is 551 g/mol. The number of fused-ring (bicyclic) bond motifs is 10. The van der Waals surface area contributed by atoms with Crippen LogP contribution in [0.4, 0.5) is 0 Å². The minimum atomic E-state index is 0.638. The molecule has 0 fully saturated rings. The quantitative estimate of drug-likeness (QED) is 0.214. The maximum Gasteiger partial charge on any atom is 0.228 e. The lowest BCUT2D eigenvalue weighted by molar-refractivity contribution is 0.656. The minimum Gasteiger partial charge on any atom is -0.455 e. The molecule has 0 aliphatic rings. The van der Waals surface area contributed by atoms with E-state index in [1.54, 1.807) is 0 Å². The highest BCUT2D eigenvalue weighted by Crippen LogP contribution is 2.46. The average molecular weight is 552 g/mol. The van der Waals surface area contributed by atoms with Gasteiger partial charge < -0.3 is 13.3 Å². The van der Waals surface area contributed by atoms with Crippen molar-refractivity contribution in [1.82, 2.24) is 4.98 Å². The zero-order valence-corrected chi connectivity index (χ0v) is 22.8. The second kappa shape index (κ2) is 8.34. The molecule has 0 aliphatic heterocycles. The number of furan rings is 3. The van der Waals surface area contributed by atoms with E-state index in [-0.39, 0.29) is 0 Å². The molecule has 4 aromatic heterocycles. The van der Waals surface area contributed by atoms with Gasteiger partial charge in [-0.2, -0.15) is 0 Å². The molecular weight excluding hydrogens is 530 g/mol. The summed E-state index contributed by atoms with van der Waals surface area (Å²) < 4.78 is 19.5. The molecule has 0 unspecified atom stereocenters. The highest BCUT2D eigenvalue weighted by atomic mass is 16.3. The average Bonchev–Trinajstić information content (AvgIpc) is 3.73. The predicted octanol–water partition coefficient (Wildman–Crippen LogP) is 11.3. The second-order valence-corrected chi connectivity index (χ2v) is 11.1. The van der Waals surface area contributed by atoms with Crippen molar-refractivity contribution in [3.8, 4) is 22.3 Å². The van der Waals surface area contributed by atoms with Gasteiger partial charge >= 0.3 is 0 Å². The van der Waals surface area contributed by atoms with Crippen LogP contribution in [0.5, 0.6) is 0 Å². The van der Waals surface area contributed by atoms with Gasteiger partial charge in [-0.05, 0) is 47.5 Å². The molecule has 4 heterocycles. The standard InChI is InChI=1S/C39H21NO3/c1-5-16-30-26(14-1)34(36-27-15-4-8-19-33(27)43-39(36)40-30)22-10-9-11-23(20-22)35-37-28(24-12-2-6-17-31(24)41-37)21-29-25-13-3-7-18-32(25)42-38(29)35/h1-21H. The molecule has 0 spiro atoms. The van der Waals surface area contributed by atoms with E-state index in [2.05, 4.69) is 72.8 Å². The third-order valence-corrected chi connectivity index (χ3v) is 8.67. The van der Waals surface area contributed by atoms with E-state index in [0.29, 0.717) is 5.71 Å². The summed E-state index contributed by atoms with van der Waals surface area (Å²) in [5.41, 5.74) is 9.88. The Hall–Kier alpha value is -5.87. The molecule has 4 nitrogen and oxygen atoms in total. The van der Waals surface area contributed by atoms with E-state index in [4.69, 9.17) is 18.2 Å². The Morgan fingerprint density at radius 3 is 1.60 bits per heavy atom. The van der Waals surface area contributed by atoms with Gasteiger partial charge in [0.1, 0.15) is 27.9 Å². The molecule has 0 radical (unpaired) electrons. The fraction of sp³-hybridized carbons (Fsp3) is 0. The van der Waals surface area contributed by atoms with Crippen LogP contribution in [-0.2, 0) is 0 Å². The number of aromatic nitrogens is 1. The summed E-state index contributed by atoms with van der Waals surface area (Å²) in [5.74, 6) is 0. The van der Waals surface area contributed by atoms with E-state index in [0.717, 1.165) is 93.4 Å². The molecule has 0 amide bonds. The highest BCUT2D eigenvalue weighted by molar-refractivity contribution is 6.23. The first kappa shape index (κ1) is 22.8. The first-order chi connectivity index (χ1) is 21.3. The molecule has 10 aromatic rings. The summed E-state index contributed by atoms with van der Waals surface area (Å²) in [6.45, 7) is 0. The van der Waals surface area contributed by atoms with Crippen molar-refractivity contribution >= 4 is 76.8 Å². The Balaban J connectivity index is 1.34. The minimum absolute atomic E-state index is 0.638. The van der Waals surface area contributed by atoms with Crippen LogP contribution in [0.25, 0.3) is 99.1 Å².